The lowest BCUT2D eigenvalue weighted by molar-refractivity contribution is 0.101. The summed E-state index contributed by atoms with van der Waals surface area (Å²) in [5, 5.41) is 0.648. The van der Waals surface area contributed by atoms with Crippen molar-refractivity contribution in [3.8, 4) is 16.8 Å². The summed E-state index contributed by atoms with van der Waals surface area (Å²) in [6.45, 7) is 3.56. The van der Waals surface area contributed by atoms with Crippen molar-refractivity contribution in [3.05, 3.63) is 77.1 Å². The van der Waals surface area contributed by atoms with Crippen molar-refractivity contribution >= 4 is 17.4 Å². The number of benzene rings is 2. The van der Waals surface area contributed by atoms with Crippen LogP contribution in [0.2, 0.25) is 5.02 Å². The zero-order valence-electron chi connectivity index (χ0n) is 12.5. The number of Topliss-reactive ketones (excluding diaryl/α,β-unsaturated/α-hetero) is 1. The molecule has 2 aromatic carbocycles. The number of para-hydroxylation sites is 1. The first-order chi connectivity index (χ1) is 10.6. The van der Waals surface area contributed by atoms with Gasteiger partial charge >= 0.3 is 0 Å². The molecular formula is C19H16ClNO. The van der Waals surface area contributed by atoms with Gasteiger partial charge in [-0.05, 0) is 32.0 Å². The summed E-state index contributed by atoms with van der Waals surface area (Å²) in [4.78, 5) is 12.2. The van der Waals surface area contributed by atoms with Crippen LogP contribution in [0.4, 0.5) is 0 Å². The van der Waals surface area contributed by atoms with Crippen LogP contribution in [-0.4, -0.2) is 10.4 Å². The number of hydrogen-bond acceptors (Lipinski definition) is 1. The lowest BCUT2D eigenvalue weighted by Gasteiger charge is -2.06. The third-order valence-corrected chi connectivity index (χ3v) is 4.13. The minimum atomic E-state index is 0.0436. The SMILES string of the molecule is CC(=O)c1c(-c2ccccc2Cl)cn(-c2ccccc2)c1C. The molecule has 0 aliphatic rings. The van der Waals surface area contributed by atoms with Crippen molar-refractivity contribution in [2.24, 2.45) is 0 Å². The van der Waals surface area contributed by atoms with Gasteiger partial charge in [0.1, 0.15) is 0 Å². The summed E-state index contributed by atoms with van der Waals surface area (Å²) >= 11 is 6.32. The number of nitrogens with zero attached hydrogens (tertiary/aromatic N) is 1. The Hall–Kier alpha value is -2.32. The summed E-state index contributed by atoms with van der Waals surface area (Å²) in [5.74, 6) is 0.0436. The lowest BCUT2D eigenvalue weighted by Crippen LogP contribution is -1.99. The molecule has 3 heteroatoms. The molecule has 0 N–H and O–H groups in total. The third kappa shape index (κ3) is 2.46. The van der Waals surface area contributed by atoms with E-state index in [9.17, 15) is 4.79 Å². The molecule has 1 heterocycles. The Morgan fingerprint density at radius 1 is 0.955 bits per heavy atom. The van der Waals surface area contributed by atoms with Gasteiger partial charge in [-0.2, -0.15) is 0 Å². The molecule has 0 bridgehead atoms. The maximum absolute atomic E-state index is 12.2. The van der Waals surface area contributed by atoms with Crippen LogP contribution < -0.4 is 0 Å². The predicted octanol–water partition coefficient (Wildman–Crippen LogP) is 5.31. The fourth-order valence-corrected chi connectivity index (χ4v) is 3.03. The predicted molar refractivity (Wildman–Crippen MR) is 91.0 cm³/mol. The van der Waals surface area contributed by atoms with E-state index in [2.05, 4.69) is 0 Å². The van der Waals surface area contributed by atoms with E-state index in [1.165, 1.54) is 0 Å². The first-order valence-electron chi connectivity index (χ1n) is 7.13. The monoisotopic (exact) mass is 309 g/mol. The molecule has 3 rings (SSSR count). The Morgan fingerprint density at radius 3 is 2.23 bits per heavy atom. The Morgan fingerprint density at radius 2 is 1.59 bits per heavy atom. The normalized spacial score (nSPS) is 10.7. The van der Waals surface area contributed by atoms with Crippen LogP contribution in [0, 0.1) is 6.92 Å². The van der Waals surface area contributed by atoms with Gasteiger partial charge in [0, 0.05) is 39.3 Å². The second-order valence-corrected chi connectivity index (χ2v) is 5.65. The molecule has 0 atom stereocenters. The van der Waals surface area contributed by atoms with Crippen LogP contribution in [0.1, 0.15) is 23.0 Å². The molecule has 0 saturated carbocycles. The smallest absolute Gasteiger partial charge is 0.162 e. The van der Waals surface area contributed by atoms with Crippen LogP contribution in [0.5, 0.6) is 0 Å². The summed E-state index contributed by atoms with van der Waals surface area (Å²) in [5.41, 5.74) is 4.43. The molecule has 0 saturated heterocycles. The fourth-order valence-electron chi connectivity index (χ4n) is 2.79. The number of carbonyl (C=O) groups is 1. The van der Waals surface area contributed by atoms with E-state index in [-0.39, 0.29) is 5.78 Å². The number of hydrogen-bond donors (Lipinski definition) is 0. The summed E-state index contributed by atoms with van der Waals surface area (Å²) in [7, 11) is 0. The highest BCUT2D eigenvalue weighted by Gasteiger charge is 2.19. The van der Waals surface area contributed by atoms with Gasteiger partial charge in [0.25, 0.3) is 0 Å². The minimum absolute atomic E-state index is 0.0436. The van der Waals surface area contributed by atoms with E-state index in [4.69, 9.17) is 11.6 Å². The number of halogens is 1. The standard InChI is InChI=1S/C19H16ClNO/c1-13-19(14(2)22)17(16-10-6-7-11-18(16)20)12-21(13)15-8-4-3-5-9-15/h3-12H,1-2H3. The van der Waals surface area contributed by atoms with Crippen molar-refractivity contribution in [2.75, 3.05) is 0 Å². The fraction of sp³-hybridized carbons (Fsp3) is 0.105. The molecule has 0 aliphatic heterocycles. The molecule has 0 spiro atoms. The molecule has 0 radical (unpaired) electrons. The first-order valence-corrected chi connectivity index (χ1v) is 7.50. The Kier molecular flexibility index (Phi) is 3.86. The van der Waals surface area contributed by atoms with Gasteiger partial charge in [-0.15, -0.1) is 0 Å². The second kappa shape index (κ2) is 5.82. The molecular weight excluding hydrogens is 294 g/mol. The Balaban J connectivity index is 2.28. The van der Waals surface area contributed by atoms with Gasteiger partial charge in [0.2, 0.25) is 0 Å². The van der Waals surface area contributed by atoms with Gasteiger partial charge in [-0.25, -0.2) is 0 Å². The zero-order chi connectivity index (χ0) is 15.7. The maximum Gasteiger partial charge on any atom is 0.162 e. The van der Waals surface area contributed by atoms with Gasteiger partial charge in [0.05, 0.1) is 0 Å². The van der Waals surface area contributed by atoms with Gasteiger partial charge in [-0.3, -0.25) is 4.79 Å². The van der Waals surface area contributed by atoms with E-state index in [0.717, 1.165) is 28.1 Å². The molecule has 3 aromatic rings. The number of carbonyl (C=O) groups excluding carboxylic acids is 1. The number of rotatable bonds is 3. The molecule has 0 fully saturated rings. The largest absolute Gasteiger partial charge is 0.320 e. The average Bonchev–Trinajstić information content (AvgIpc) is 2.86. The van der Waals surface area contributed by atoms with Crippen LogP contribution in [-0.2, 0) is 0 Å². The molecule has 1 aromatic heterocycles. The Labute approximate surface area is 135 Å². The second-order valence-electron chi connectivity index (χ2n) is 5.24. The van der Waals surface area contributed by atoms with Gasteiger partial charge < -0.3 is 4.57 Å². The number of aromatic nitrogens is 1. The highest BCUT2D eigenvalue weighted by atomic mass is 35.5. The van der Waals surface area contributed by atoms with Crippen LogP contribution in [0.15, 0.2) is 60.8 Å². The summed E-state index contributed by atoms with van der Waals surface area (Å²) in [6.07, 6.45) is 1.99. The maximum atomic E-state index is 12.2. The van der Waals surface area contributed by atoms with E-state index < -0.39 is 0 Å². The van der Waals surface area contributed by atoms with Crippen molar-refractivity contribution in [3.63, 3.8) is 0 Å². The van der Waals surface area contributed by atoms with E-state index in [1.54, 1.807) is 6.92 Å². The van der Waals surface area contributed by atoms with Crippen LogP contribution in [0.3, 0.4) is 0 Å². The molecule has 0 aliphatic carbocycles. The zero-order valence-corrected chi connectivity index (χ0v) is 13.3. The minimum Gasteiger partial charge on any atom is -0.320 e. The van der Waals surface area contributed by atoms with Gasteiger partial charge in [-0.1, -0.05) is 48.0 Å². The van der Waals surface area contributed by atoms with Crippen molar-refractivity contribution in [2.45, 2.75) is 13.8 Å². The van der Waals surface area contributed by atoms with Crippen LogP contribution in [0.25, 0.3) is 16.8 Å². The Bertz CT molecular complexity index is 834. The lowest BCUT2D eigenvalue weighted by atomic mass is 10.0. The van der Waals surface area contributed by atoms with Crippen LogP contribution >= 0.6 is 11.6 Å². The highest BCUT2D eigenvalue weighted by molar-refractivity contribution is 6.33. The molecule has 110 valence electrons. The average molecular weight is 310 g/mol. The molecule has 0 amide bonds. The van der Waals surface area contributed by atoms with Gasteiger partial charge in [0.15, 0.2) is 5.78 Å². The first kappa shape index (κ1) is 14.6. The molecule has 2 nitrogen and oxygen atoms in total. The van der Waals surface area contributed by atoms with E-state index >= 15 is 0 Å². The molecule has 22 heavy (non-hydrogen) atoms. The van der Waals surface area contributed by atoms with E-state index in [1.807, 2.05) is 72.3 Å². The summed E-state index contributed by atoms with van der Waals surface area (Å²) < 4.78 is 2.04. The van der Waals surface area contributed by atoms with Crippen molar-refractivity contribution < 1.29 is 4.79 Å². The van der Waals surface area contributed by atoms with E-state index in [0.29, 0.717) is 5.02 Å². The number of ketones is 1. The highest BCUT2D eigenvalue weighted by Crippen LogP contribution is 2.34. The quantitative estimate of drug-likeness (QED) is 0.601. The van der Waals surface area contributed by atoms with Crippen molar-refractivity contribution in [1.29, 1.82) is 0 Å². The topological polar surface area (TPSA) is 22.0 Å². The third-order valence-electron chi connectivity index (χ3n) is 3.80. The molecule has 0 unspecified atom stereocenters. The summed E-state index contributed by atoms with van der Waals surface area (Å²) in [6, 6.07) is 17.6. The van der Waals surface area contributed by atoms with Crippen molar-refractivity contribution in [1.82, 2.24) is 4.57 Å².